The third kappa shape index (κ3) is 4.53. The molecule has 2 aromatic rings. The van der Waals surface area contributed by atoms with E-state index < -0.39 is 17.4 Å². The van der Waals surface area contributed by atoms with Crippen LogP contribution in [0.1, 0.15) is 5.56 Å². The van der Waals surface area contributed by atoms with Crippen LogP contribution in [0.3, 0.4) is 0 Å². The minimum Gasteiger partial charge on any atom is -0.484 e. The molecule has 0 spiro atoms. The smallest absolute Gasteiger partial charge is 0.417 e. The van der Waals surface area contributed by atoms with Crippen LogP contribution in [0.15, 0.2) is 58.8 Å². The molecule has 26 heavy (non-hydrogen) atoms. The average Bonchev–Trinajstić information content (AvgIpc) is 2.57. The fourth-order valence-corrected chi connectivity index (χ4v) is 2.29. The lowest BCUT2D eigenvalue weighted by atomic mass is 10.1. The van der Waals surface area contributed by atoms with Gasteiger partial charge in [-0.05, 0) is 12.1 Å². The largest absolute Gasteiger partial charge is 0.484 e. The van der Waals surface area contributed by atoms with Gasteiger partial charge in [-0.15, -0.1) is 13.2 Å². The number of nitrogens with zero attached hydrogens (tertiary/aromatic N) is 1. The van der Waals surface area contributed by atoms with Crippen molar-refractivity contribution in [3.05, 3.63) is 65.6 Å². The van der Waals surface area contributed by atoms with E-state index >= 15 is 0 Å². The number of alkyl halides is 3. The molecule has 0 radical (unpaired) electrons. The minimum atomic E-state index is -4.69. The Morgan fingerprint density at radius 2 is 1.85 bits per heavy atom. The second-order valence-corrected chi connectivity index (χ2v) is 5.30. The maximum Gasteiger partial charge on any atom is 0.417 e. The van der Waals surface area contributed by atoms with Gasteiger partial charge in [-0.25, -0.2) is 4.79 Å². The first-order valence-corrected chi connectivity index (χ1v) is 7.53. The zero-order chi connectivity index (χ0) is 19.3. The van der Waals surface area contributed by atoms with Crippen LogP contribution in [0.2, 0.25) is 0 Å². The van der Waals surface area contributed by atoms with Gasteiger partial charge in [0.2, 0.25) is 0 Å². The highest BCUT2D eigenvalue weighted by molar-refractivity contribution is 5.82. The lowest BCUT2D eigenvalue weighted by molar-refractivity contribution is -0.136. The second-order valence-electron chi connectivity index (χ2n) is 5.30. The Balaban J connectivity index is 2.24. The molecule has 5 nitrogen and oxygen atoms in total. The highest BCUT2D eigenvalue weighted by Crippen LogP contribution is 2.34. The summed E-state index contributed by atoms with van der Waals surface area (Å²) in [5, 5.41) is -0.268. The zero-order valence-electron chi connectivity index (χ0n) is 13.7. The van der Waals surface area contributed by atoms with Crippen molar-refractivity contribution in [1.29, 1.82) is 0 Å². The summed E-state index contributed by atoms with van der Waals surface area (Å²) in [6.45, 7) is 7.37. The number of hydrogen-bond acceptors (Lipinski definition) is 4. The van der Waals surface area contributed by atoms with E-state index in [1.807, 2.05) is 0 Å². The Morgan fingerprint density at radius 3 is 2.42 bits per heavy atom. The van der Waals surface area contributed by atoms with Gasteiger partial charge < -0.3 is 14.1 Å². The first kappa shape index (κ1) is 19.3. The molecule has 0 aliphatic rings. The Bertz CT molecular complexity index is 876. The molecule has 1 aromatic carbocycles. The summed E-state index contributed by atoms with van der Waals surface area (Å²) in [6, 6.07) is 3.95. The summed E-state index contributed by atoms with van der Waals surface area (Å²) < 4.78 is 49.1. The normalized spacial score (nSPS) is 11.2. The average molecular weight is 367 g/mol. The van der Waals surface area contributed by atoms with Gasteiger partial charge >= 0.3 is 11.8 Å². The number of halogens is 3. The Labute approximate surface area is 147 Å². The van der Waals surface area contributed by atoms with E-state index in [0.717, 1.165) is 12.1 Å². The number of rotatable bonds is 7. The fourth-order valence-electron chi connectivity index (χ4n) is 2.29. The molecule has 0 saturated carbocycles. The Morgan fingerprint density at radius 1 is 1.19 bits per heavy atom. The quantitative estimate of drug-likeness (QED) is 0.556. The lowest BCUT2D eigenvalue weighted by Crippen LogP contribution is -2.35. The molecule has 2 rings (SSSR count). The molecule has 1 aromatic heterocycles. The second kappa shape index (κ2) is 7.90. The van der Waals surface area contributed by atoms with E-state index in [-0.39, 0.29) is 29.2 Å². The Hall–Kier alpha value is -3.03. The molecule has 0 aliphatic heterocycles. The van der Waals surface area contributed by atoms with Crippen LogP contribution >= 0.6 is 0 Å². The van der Waals surface area contributed by atoms with Gasteiger partial charge in [-0.1, -0.05) is 12.2 Å². The monoisotopic (exact) mass is 367 g/mol. The molecule has 0 aliphatic carbocycles. The minimum absolute atomic E-state index is 0.102. The lowest BCUT2D eigenvalue weighted by Gasteiger charge is -2.19. The third-order valence-corrected chi connectivity index (χ3v) is 3.44. The first-order chi connectivity index (χ1) is 12.3. The number of benzene rings is 1. The predicted octanol–water partition coefficient (Wildman–Crippen LogP) is 3.39. The fraction of sp³-hybridized carbons (Fsp3) is 0.222. The molecule has 0 saturated heterocycles. The van der Waals surface area contributed by atoms with E-state index in [9.17, 15) is 22.8 Å². The molecule has 0 fully saturated rings. The summed E-state index contributed by atoms with van der Waals surface area (Å²) in [6.07, 6.45) is -1.60. The van der Waals surface area contributed by atoms with Crippen molar-refractivity contribution in [3.63, 3.8) is 0 Å². The van der Waals surface area contributed by atoms with Crippen molar-refractivity contribution < 1.29 is 27.1 Å². The molecule has 8 heteroatoms. The number of fused-ring (bicyclic) bond motifs is 1. The number of ether oxygens (including phenoxy) is 1. The van der Waals surface area contributed by atoms with E-state index in [0.29, 0.717) is 19.2 Å². The van der Waals surface area contributed by atoms with E-state index in [4.69, 9.17) is 9.15 Å². The van der Waals surface area contributed by atoms with Gasteiger partial charge in [-0.3, -0.25) is 4.79 Å². The SMILES string of the molecule is C=CCN(CC=C)C(=O)COc1ccc2c(C(F)(F)F)cc(=O)oc2c1. The van der Waals surface area contributed by atoms with E-state index in [1.54, 1.807) is 12.2 Å². The maximum atomic E-state index is 13.0. The number of carbonyl (C=O) groups excluding carboxylic acids is 1. The summed E-state index contributed by atoms with van der Waals surface area (Å²) in [5.41, 5.74) is -2.49. The molecule has 138 valence electrons. The van der Waals surface area contributed by atoms with Crippen molar-refractivity contribution in [2.75, 3.05) is 19.7 Å². The summed E-state index contributed by atoms with van der Waals surface area (Å²) in [5.74, 6) is -0.249. The van der Waals surface area contributed by atoms with Gasteiger partial charge in [0, 0.05) is 30.6 Å². The van der Waals surface area contributed by atoms with E-state index in [1.165, 1.54) is 11.0 Å². The zero-order valence-corrected chi connectivity index (χ0v) is 13.7. The topological polar surface area (TPSA) is 59.8 Å². The number of hydrogen-bond donors (Lipinski definition) is 0. The predicted molar refractivity (Wildman–Crippen MR) is 90.0 cm³/mol. The standard InChI is InChI=1S/C18H16F3NO4/c1-3-7-22(8-4-2)16(23)11-25-12-5-6-13-14(18(19,20)21)10-17(24)26-15(13)9-12/h3-6,9-10H,1-2,7-8,11H2. The Kier molecular flexibility index (Phi) is 5.86. The summed E-state index contributed by atoms with van der Waals surface area (Å²) >= 11 is 0. The van der Waals surface area contributed by atoms with Gasteiger partial charge in [0.1, 0.15) is 11.3 Å². The van der Waals surface area contributed by atoms with Crippen molar-refractivity contribution in [1.82, 2.24) is 4.90 Å². The van der Waals surface area contributed by atoms with Gasteiger partial charge in [-0.2, -0.15) is 13.2 Å². The highest BCUT2D eigenvalue weighted by atomic mass is 19.4. The van der Waals surface area contributed by atoms with Crippen LogP contribution < -0.4 is 10.4 Å². The molecule has 0 atom stereocenters. The molecular formula is C18H16F3NO4. The van der Waals surface area contributed by atoms with Crippen LogP contribution in [0.25, 0.3) is 11.0 Å². The van der Waals surface area contributed by atoms with E-state index in [2.05, 4.69) is 13.2 Å². The van der Waals surface area contributed by atoms with Crippen LogP contribution in [-0.4, -0.2) is 30.5 Å². The van der Waals surface area contributed by atoms with Gasteiger partial charge in [0.05, 0.1) is 5.56 Å². The third-order valence-electron chi connectivity index (χ3n) is 3.44. The number of carbonyl (C=O) groups is 1. The van der Waals surface area contributed by atoms with Crippen molar-refractivity contribution in [2.45, 2.75) is 6.18 Å². The molecule has 1 amide bonds. The summed E-state index contributed by atoms with van der Waals surface area (Å²) in [7, 11) is 0. The molecular weight excluding hydrogens is 351 g/mol. The highest BCUT2D eigenvalue weighted by Gasteiger charge is 2.33. The molecule has 0 bridgehead atoms. The number of amides is 1. The van der Waals surface area contributed by atoms with Crippen LogP contribution in [0.4, 0.5) is 13.2 Å². The van der Waals surface area contributed by atoms with Crippen LogP contribution in [-0.2, 0) is 11.0 Å². The van der Waals surface area contributed by atoms with Crippen molar-refractivity contribution in [2.24, 2.45) is 0 Å². The van der Waals surface area contributed by atoms with Gasteiger partial charge in [0.15, 0.2) is 6.61 Å². The van der Waals surface area contributed by atoms with Gasteiger partial charge in [0.25, 0.3) is 5.91 Å². The summed E-state index contributed by atoms with van der Waals surface area (Å²) in [4.78, 5) is 24.9. The van der Waals surface area contributed by atoms with Crippen molar-refractivity contribution in [3.8, 4) is 5.75 Å². The first-order valence-electron chi connectivity index (χ1n) is 7.53. The molecule has 0 N–H and O–H groups in total. The molecule has 0 unspecified atom stereocenters. The maximum absolute atomic E-state index is 13.0. The van der Waals surface area contributed by atoms with Crippen molar-refractivity contribution >= 4 is 16.9 Å². The van der Waals surface area contributed by atoms with Crippen LogP contribution in [0, 0.1) is 0 Å². The van der Waals surface area contributed by atoms with Crippen LogP contribution in [0.5, 0.6) is 5.75 Å². The molecule has 1 heterocycles.